The van der Waals surface area contributed by atoms with Crippen molar-refractivity contribution in [2.24, 2.45) is 0 Å². The second-order valence-corrected chi connectivity index (χ2v) is 6.61. The molecular formula is C17H16N8O2S. The summed E-state index contributed by atoms with van der Waals surface area (Å²) in [6.07, 6.45) is 3.10. The molecule has 0 saturated heterocycles. The van der Waals surface area contributed by atoms with Crippen LogP contribution in [-0.4, -0.2) is 46.6 Å². The molecule has 4 aromatic rings. The number of thioether (sulfide) groups is 1. The van der Waals surface area contributed by atoms with E-state index in [2.05, 4.69) is 31.0 Å². The number of carbonyl (C=O) groups is 1. The quantitative estimate of drug-likeness (QED) is 0.473. The van der Waals surface area contributed by atoms with Gasteiger partial charge in [-0.1, -0.05) is 11.8 Å². The Morgan fingerprint density at radius 1 is 1.21 bits per heavy atom. The van der Waals surface area contributed by atoms with Crippen molar-refractivity contribution >= 4 is 23.4 Å². The van der Waals surface area contributed by atoms with Crippen LogP contribution in [0.1, 0.15) is 6.92 Å². The number of nitrogens with zero attached hydrogens (tertiary/aromatic N) is 7. The first-order valence-corrected chi connectivity index (χ1v) is 9.46. The molecule has 0 aliphatic carbocycles. The van der Waals surface area contributed by atoms with Crippen LogP contribution in [0.3, 0.4) is 0 Å². The number of nitrogens with one attached hydrogen (secondary N) is 1. The van der Waals surface area contributed by atoms with E-state index in [9.17, 15) is 4.79 Å². The van der Waals surface area contributed by atoms with Gasteiger partial charge in [0.25, 0.3) is 0 Å². The van der Waals surface area contributed by atoms with E-state index in [1.165, 1.54) is 22.8 Å². The molecule has 0 fully saturated rings. The number of aromatic nitrogens is 7. The summed E-state index contributed by atoms with van der Waals surface area (Å²) in [6, 6.07) is 10.9. The van der Waals surface area contributed by atoms with E-state index < -0.39 is 0 Å². The van der Waals surface area contributed by atoms with E-state index in [1.807, 2.05) is 29.7 Å². The third-order valence-electron chi connectivity index (χ3n) is 3.87. The lowest BCUT2D eigenvalue weighted by Gasteiger charge is -2.07. The second kappa shape index (κ2) is 8.05. The van der Waals surface area contributed by atoms with Gasteiger partial charge in [0.05, 0.1) is 17.7 Å². The van der Waals surface area contributed by atoms with Crippen LogP contribution in [0.5, 0.6) is 0 Å². The Balaban J connectivity index is 1.37. The predicted octanol–water partition coefficient (Wildman–Crippen LogP) is 2.26. The van der Waals surface area contributed by atoms with Crippen LogP contribution in [-0.2, 0) is 11.3 Å². The van der Waals surface area contributed by atoms with Gasteiger partial charge in [0.2, 0.25) is 5.91 Å². The van der Waals surface area contributed by atoms with Crippen molar-refractivity contribution in [1.82, 2.24) is 35.0 Å². The minimum absolute atomic E-state index is 0.134. The van der Waals surface area contributed by atoms with E-state index in [0.717, 1.165) is 5.69 Å². The van der Waals surface area contributed by atoms with Gasteiger partial charge >= 0.3 is 0 Å². The Morgan fingerprint density at radius 3 is 2.75 bits per heavy atom. The van der Waals surface area contributed by atoms with Gasteiger partial charge in [-0.2, -0.15) is 0 Å². The molecule has 0 spiro atoms. The molecule has 0 saturated carbocycles. The number of hydrogen-bond donors (Lipinski definition) is 1. The normalized spacial score (nSPS) is 10.9. The molecule has 11 heteroatoms. The highest BCUT2D eigenvalue weighted by Crippen LogP contribution is 2.24. The van der Waals surface area contributed by atoms with E-state index in [0.29, 0.717) is 29.0 Å². The molecule has 1 aromatic carbocycles. The van der Waals surface area contributed by atoms with Crippen molar-refractivity contribution in [3.63, 3.8) is 0 Å². The molecule has 0 radical (unpaired) electrons. The van der Waals surface area contributed by atoms with Crippen LogP contribution in [0.25, 0.3) is 17.3 Å². The Bertz CT molecular complexity index is 1040. The van der Waals surface area contributed by atoms with Crippen molar-refractivity contribution in [1.29, 1.82) is 0 Å². The predicted molar refractivity (Wildman–Crippen MR) is 102 cm³/mol. The van der Waals surface area contributed by atoms with Gasteiger partial charge in [0.1, 0.15) is 6.33 Å². The number of carbonyl (C=O) groups excluding carboxylic acids is 1. The molecule has 28 heavy (non-hydrogen) atoms. The highest BCUT2D eigenvalue weighted by atomic mass is 32.2. The molecule has 0 aliphatic heterocycles. The highest BCUT2D eigenvalue weighted by Gasteiger charge is 2.16. The molecule has 3 heterocycles. The summed E-state index contributed by atoms with van der Waals surface area (Å²) in [5.41, 5.74) is 1.49. The van der Waals surface area contributed by atoms with Gasteiger partial charge < -0.3 is 9.73 Å². The lowest BCUT2D eigenvalue weighted by molar-refractivity contribution is -0.113. The summed E-state index contributed by atoms with van der Waals surface area (Å²) in [6.45, 7) is 2.66. The van der Waals surface area contributed by atoms with Crippen molar-refractivity contribution in [2.45, 2.75) is 18.6 Å². The van der Waals surface area contributed by atoms with Gasteiger partial charge in [0, 0.05) is 12.2 Å². The van der Waals surface area contributed by atoms with E-state index in [4.69, 9.17) is 4.42 Å². The smallest absolute Gasteiger partial charge is 0.234 e. The third kappa shape index (κ3) is 3.78. The standard InChI is InChI=1S/C17H16N8O2S/c1-2-24-16(14-4-3-9-27-14)20-21-17(24)28-10-15(26)19-12-5-7-13(8-6-12)25-11-18-22-23-25/h3-9,11H,2,10H2,1H3,(H,19,26). The first-order chi connectivity index (χ1) is 13.7. The second-order valence-electron chi connectivity index (χ2n) is 5.67. The zero-order chi connectivity index (χ0) is 19.3. The molecule has 4 rings (SSSR count). The maximum atomic E-state index is 12.3. The first-order valence-electron chi connectivity index (χ1n) is 8.47. The molecule has 0 unspecified atom stereocenters. The van der Waals surface area contributed by atoms with Crippen LogP contribution in [0, 0.1) is 0 Å². The van der Waals surface area contributed by atoms with Gasteiger partial charge in [0.15, 0.2) is 16.7 Å². The molecule has 1 N–H and O–H groups in total. The number of tetrazole rings is 1. The van der Waals surface area contributed by atoms with E-state index >= 15 is 0 Å². The van der Waals surface area contributed by atoms with Crippen molar-refractivity contribution in [2.75, 3.05) is 11.1 Å². The van der Waals surface area contributed by atoms with Crippen molar-refractivity contribution in [3.05, 3.63) is 49.0 Å². The van der Waals surface area contributed by atoms with Crippen LogP contribution < -0.4 is 5.32 Å². The third-order valence-corrected chi connectivity index (χ3v) is 4.84. The average molecular weight is 396 g/mol. The summed E-state index contributed by atoms with van der Waals surface area (Å²) in [7, 11) is 0. The molecule has 3 aromatic heterocycles. The first kappa shape index (κ1) is 17.9. The van der Waals surface area contributed by atoms with Crippen LogP contribution in [0.2, 0.25) is 0 Å². The van der Waals surface area contributed by atoms with Gasteiger partial charge in [-0.05, 0) is 53.7 Å². The van der Waals surface area contributed by atoms with Crippen LogP contribution in [0.4, 0.5) is 5.69 Å². The summed E-state index contributed by atoms with van der Waals surface area (Å²) >= 11 is 1.32. The largest absolute Gasteiger partial charge is 0.461 e. The Kier molecular flexibility index (Phi) is 5.15. The highest BCUT2D eigenvalue weighted by molar-refractivity contribution is 7.99. The maximum absolute atomic E-state index is 12.3. The molecule has 0 aliphatic rings. The number of hydrogen-bond acceptors (Lipinski definition) is 8. The maximum Gasteiger partial charge on any atom is 0.234 e. The summed E-state index contributed by atoms with van der Waals surface area (Å²) in [5.74, 6) is 1.37. The molecular weight excluding hydrogens is 380 g/mol. The SMILES string of the molecule is CCn1c(SCC(=O)Nc2ccc(-n3cnnn3)cc2)nnc1-c1ccco1. The molecule has 10 nitrogen and oxygen atoms in total. The van der Waals surface area contributed by atoms with Crippen molar-refractivity contribution < 1.29 is 9.21 Å². The fourth-order valence-corrected chi connectivity index (χ4v) is 3.38. The number of rotatable bonds is 7. The zero-order valence-electron chi connectivity index (χ0n) is 14.9. The van der Waals surface area contributed by atoms with E-state index in [-0.39, 0.29) is 11.7 Å². The topological polar surface area (TPSA) is 117 Å². The zero-order valence-corrected chi connectivity index (χ0v) is 15.7. The molecule has 142 valence electrons. The molecule has 0 atom stereocenters. The monoisotopic (exact) mass is 396 g/mol. The molecule has 1 amide bonds. The number of anilines is 1. The fraction of sp³-hybridized carbons (Fsp3) is 0.176. The Morgan fingerprint density at radius 2 is 2.07 bits per heavy atom. The van der Waals surface area contributed by atoms with E-state index in [1.54, 1.807) is 24.5 Å². The summed E-state index contributed by atoms with van der Waals surface area (Å²) in [4.78, 5) is 12.3. The van der Waals surface area contributed by atoms with Gasteiger partial charge in [-0.25, -0.2) is 4.68 Å². The van der Waals surface area contributed by atoms with Crippen molar-refractivity contribution in [3.8, 4) is 17.3 Å². The minimum atomic E-state index is -0.134. The fourth-order valence-electron chi connectivity index (χ4n) is 2.57. The summed E-state index contributed by atoms with van der Waals surface area (Å²) in [5, 5.41) is 22.9. The van der Waals surface area contributed by atoms with Crippen LogP contribution in [0.15, 0.2) is 58.6 Å². The number of furan rings is 1. The van der Waals surface area contributed by atoms with Crippen LogP contribution >= 0.6 is 11.8 Å². The average Bonchev–Trinajstić information content (AvgIpc) is 3.48. The minimum Gasteiger partial charge on any atom is -0.461 e. The lowest BCUT2D eigenvalue weighted by atomic mass is 10.3. The number of amides is 1. The lowest BCUT2D eigenvalue weighted by Crippen LogP contribution is -2.14. The number of benzene rings is 1. The van der Waals surface area contributed by atoms with Gasteiger partial charge in [-0.3, -0.25) is 9.36 Å². The Hall–Kier alpha value is -3.47. The molecule has 0 bridgehead atoms. The summed E-state index contributed by atoms with van der Waals surface area (Å²) < 4.78 is 8.84. The van der Waals surface area contributed by atoms with Gasteiger partial charge in [-0.15, -0.1) is 15.3 Å². The Labute approximate surface area is 164 Å².